The molecule has 0 radical (unpaired) electrons. The van der Waals surface area contributed by atoms with Gasteiger partial charge in [-0.05, 0) is 24.6 Å². The van der Waals surface area contributed by atoms with E-state index in [1.807, 2.05) is 11.8 Å². The lowest BCUT2D eigenvalue weighted by Gasteiger charge is -2.40. The van der Waals surface area contributed by atoms with E-state index in [0.29, 0.717) is 47.9 Å². The highest BCUT2D eigenvalue weighted by Crippen LogP contribution is 2.17. The fourth-order valence-electron chi connectivity index (χ4n) is 3.35. The van der Waals surface area contributed by atoms with Gasteiger partial charge in [0.15, 0.2) is 0 Å². The lowest BCUT2D eigenvalue weighted by molar-refractivity contribution is 0.0163. The van der Waals surface area contributed by atoms with E-state index in [4.69, 9.17) is 11.6 Å². The molecule has 3 rings (SSSR count). The number of H-pyrrole nitrogens is 1. The number of piperazine rings is 1. The number of benzene rings is 1. The molecule has 8 heteroatoms. The molecule has 2 aromatic rings. The van der Waals surface area contributed by atoms with Gasteiger partial charge < -0.3 is 4.98 Å². The molecular formula is C17H21ClF2N4O. The van der Waals surface area contributed by atoms with Crippen LogP contribution in [0.25, 0.3) is 10.9 Å². The third kappa shape index (κ3) is 4.34. The number of alkyl halides is 2. The summed E-state index contributed by atoms with van der Waals surface area (Å²) >= 11 is 5.92. The molecule has 2 heterocycles. The second-order valence-corrected chi connectivity index (χ2v) is 6.79. The van der Waals surface area contributed by atoms with Crippen molar-refractivity contribution < 1.29 is 8.78 Å². The van der Waals surface area contributed by atoms with Crippen LogP contribution < -0.4 is 5.56 Å². The predicted octanol–water partition coefficient (Wildman–Crippen LogP) is 2.74. The van der Waals surface area contributed by atoms with Gasteiger partial charge in [-0.3, -0.25) is 14.6 Å². The van der Waals surface area contributed by atoms with Crippen molar-refractivity contribution >= 4 is 22.5 Å². The fraction of sp³-hybridized carbons (Fsp3) is 0.529. The summed E-state index contributed by atoms with van der Waals surface area (Å²) in [5, 5.41) is 0.956. The van der Waals surface area contributed by atoms with Crippen LogP contribution in [0.15, 0.2) is 23.0 Å². The summed E-state index contributed by atoms with van der Waals surface area (Å²) < 4.78 is 25.4. The number of rotatable bonds is 5. The largest absolute Gasteiger partial charge is 0.309 e. The van der Waals surface area contributed by atoms with Crippen molar-refractivity contribution in [1.29, 1.82) is 0 Å². The molecule has 0 bridgehead atoms. The molecule has 1 N–H and O–H groups in total. The second-order valence-electron chi connectivity index (χ2n) is 6.36. The van der Waals surface area contributed by atoms with E-state index in [1.165, 1.54) is 0 Å². The maximum absolute atomic E-state index is 12.7. The number of aromatic amines is 1. The van der Waals surface area contributed by atoms with E-state index in [0.717, 1.165) is 6.42 Å². The Bertz CT molecular complexity index is 798. The average Bonchev–Trinajstić information content (AvgIpc) is 2.56. The Kier molecular flexibility index (Phi) is 5.66. The van der Waals surface area contributed by atoms with E-state index in [2.05, 4.69) is 14.9 Å². The molecule has 0 spiro atoms. The molecule has 1 atom stereocenters. The molecule has 0 saturated carbocycles. The molecule has 0 aliphatic carbocycles. The number of aromatic nitrogens is 2. The Morgan fingerprint density at radius 1 is 1.40 bits per heavy atom. The zero-order valence-electron chi connectivity index (χ0n) is 14.0. The lowest BCUT2D eigenvalue weighted by Crippen LogP contribution is -2.53. The van der Waals surface area contributed by atoms with E-state index >= 15 is 0 Å². The van der Waals surface area contributed by atoms with Gasteiger partial charge in [0.25, 0.3) is 12.0 Å². The number of fused-ring (bicyclic) bond motifs is 1. The van der Waals surface area contributed by atoms with E-state index in [-0.39, 0.29) is 18.1 Å². The standard InChI is InChI=1S/C17H21ClF2N4O/c1-2-12-8-23(5-6-24(12)9-15(19)20)10-16-21-14-4-3-11(18)7-13(14)17(25)22-16/h3-4,7,12,15H,2,5-6,8-10H2,1H3,(H,21,22,25). The molecule has 136 valence electrons. The summed E-state index contributed by atoms with van der Waals surface area (Å²) in [6, 6.07) is 5.12. The first-order valence-corrected chi connectivity index (χ1v) is 8.77. The van der Waals surface area contributed by atoms with Gasteiger partial charge in [0, 0.05) is 30.7 Å². The van der Waals surface area contributed by atoms with E-state index < -0.39 is 6.43 Å². The van der Waals surface area contributed by atoms with E-state index in [1.54, 1.807) is 18.2 Å². The summed E-state index contributed by atoms with van der Waals surface area (Å²) in [6.07, 6.45) is -1.51. The highest BCUT2D eigenvalue weighted by molar-refractivity contribution is 6.31. The van der Waals surface area contributed by atoms with Gasteiger partial charge in [-0.25, -0.2) is 13.8 Å². The number of nitrogens with one attached hydrogen (secondary N) is 1. The minimum absolute atomic E-state index is 0.0914. The molecule has 25 heavy (non-hydrogen) atoms. The van der Waals surface area contributed by atoms with Crippen LogP contribution in [-0.4, -0.2) is 58.4 Å². The van der Waals surface area contributed by atoms with Crippen LogP contribution in [0.4, 0.5) is 8.78 Å². The summed E-state index contributed by atoms with van der Waals surface area (Å²) in [5.41, 5.74) is 0.386. The van der Waals surface area contributed by atoms with Crippen molar-refractivity contribution in [3.63, 3.8) is 0 Å². The van der Waals surface area contributed by atoms with Crippen molar-refractivity contribution in [3.8, 4) is 0 Å². The third-order valence-corrected chi connectivity index (χ3v) is 4.86. The van der Waals surface area contributed by atoms with Crippen LogP contribution in [0.2, 0.25) is 5.02 Å². The monoisotopic (exact) mass is 370 g/mol. The summed E-state index contributed by atoms with van der Waals surface area (Å²) in [7, 11) is 0. The van der Waals surface area contributed by atoms with Gasteiger partial charge >= 0.3 is 0 Å². The molecule has 5 nitrogen and oxygen atoms in total. The fourth-order valence-corrected chi connectivity index (χ4v) is 3.52. The smallest absolute Gasteiger partial charge is 0.258 e. The van der Waals surface area contributed by atoms with Gasteiger partial charge in [-0.1, -0.05) is 18.5 Å². The number of halogens is 3. The summed E-state index contributed by atoms with van der Waals surface area (Å²) in [5.74, 6) is 0.581. The summed E-state index contributed by atoms with van der Waals surface area (Å²) in [6.45, 7) is 4.27. The minimum atomic E-state index is -2.31. The maximum Gasteiger partial charge on any atom is 0.258 e. The topological polar surface area (TPSA) is 52.2 Å². The van der Waals surface area contributed by atoms with Gasteiger partial charge in [0.1, 0.15) is 5.82 Å². The van der Waals surface area contributed by atoms with Crippen LogP contribution in [0.3, 0.4) is 0 Å². The van der Waals surface area contributed by atoms with Crippen LogP contribution >= 0.6 is 11.6 Å². The molecule has 1 aromatic carbocycles. The third-order valence-electron chi connectivity index (χ3n) is 4.62. The average molecular weight is 371 g/mol. The summed E-state index contributed by atoms with van der Waals surface area (Å²) in [4.78, 5) is 23.5. The minimum Gasteiger partial charge on any atom is -0.309 e. The van der Waals surface area contributed by atoms with Crippen molar-refractivity contribution in [1.82, 2.24) is 19.8 Å². The molecule has 1 unspecified atom stereocenters. The number of nitrogens with zero attached hydrogens (tertiary/aromatic N) is 3. The highest BCUT2D eigenvalue weighted by Gasteiger charge is 2.27. The molecule has 1 fully saturated rings. The Hall–Kier alpha value is -1.57. The molecule has 0 amide bonds. The molecule has 1 aliphatic heterocycles. The Balaban J connectivity index is 1.73. The zero-order valence-corrected chi connectivity index (χ0v) is 14.8. The van der Waals surface area contributed by atoms with Crippen LogP contribution in [-0.2, 0) is 6.54 Å². The quantitative estimate of drug-likeness (QED) is 0.879. The first kappa shape index (κ1) is 18.2. The van der Waals surface area contributed by atoms with Crippen LogP contribution in [0, 0.1) is 0 Å². The number of hydrogen-bond donors (Lipinski definition) is 1. The zero-order chi connectivity index (χ0) is 18.0. The maximum atomic E-state index is 12.7. The first-order chi connectivity index (χ1) is 12.0. The van der Waals surface area contributed by atoms with Crippen LogP contribution in [0.1, 0.15) is 19.2 Å². The van der Waals surface area contributed by atoms with Crippen molar-refractivity contribution in [3.05, 3.63) is 39.4 Å². The normalized spacial score (nSPS) is 19.8. The highest BCUT2D eigenvalue weighted by atomic mass is 35.5. The lowest BCUT2D eigenvalue weighted by atomic mass is 10.1. The van der Waals surface area contributed by atoms with Gasteiger partial charge in [-0.15, -0.1) is 0 Å². The molecule has 1 aliphatic rings. The van der Waals surface area contributed by atoms with Gasteiger partial charge in [0.2, 0.25) is 0 Å². The van der Waals surface area contributed by atoms with Crippen LogP contribution in [0.5, 0.6) is 0 Å². The predicted molar refractivity (Wildman–Crippen MR) is 94.3 cm³/mol. The van der Waals surface area contributed by atoms with Gasteiger partial charge in [-0.2, -0.15) is 0 Å². The molecular weight excluding hydrogens is 350 g/mol. The van der Waals surface area contributed by atoms with E-state index in [9.17, 15) is 13.6 Å². The molecule has 1 saturated heterocycles. The Morgan fingerprint density at radius 3 is 2.92 bits per heavy atom. The second kappa shape index (κ2) is 7.76. The van der Waals surface area contributed by atoms with Crippen molar-refractivity contribution in [2.24, 2.45) is 0 Å². The van der Waals surface area contributed by atoms with Crippen molar-refractivity contribution in [2.45, 2.75) is 32.4 Å². The SMILES string of the molecule is CCC1CN(Cc2nc3ccc(Cl)cc3c(=O)[nH]2)CCN1CC(F)F. The first-order valence-electron chi connectivity index (χ1n) is 8.39. The Labute approximate surface area is 149 Å². The van der Waals surface area contributed by atoms with Gasteiger partial charge in [0.05, 0.1) is 24.0 Å². The number of hydrogen-bond acceptors (Lipinski definition) is 4. The Morgan fingerprint density at radius 2 is 2.20 bits per heavy atom. The van der Waals surface area contributed by atoms with Crippen molar-refractivity contribution in [2.75, 3.05) is 26.2 Å². The molecule has 1 aromatic heterocycles.